The molecule has 2 nitrogen and oxygen atoms in total. The summed E-state index contributed by atoms with van der Waals surface area (Å²) in [4.78, 5) is 12.5. The Bertz CT molecular complexity index is 1010. The third-order valence-electron chi connectivity index (χ3n) is 4.44. The molecule has 29 heavy (non-hydrogen) atoms. The summed E-state index contributed by atoms with van der Waals surface area (Å²) >= 11 is 3.44. The lowest BCUT2D eigenvalue weighted by atomic mass is 9.94. The van der Waals surface area contributed by atoms with Crippen molar-refractivity contribution in [1.29, 1.82) is 0 Å². The predicted octanol–water partition coefficient (Wildman–Crippen LogP) is 6.69. The summed E-state index contributed by atoms with van der Waals surface area (Å²) in [5.74, 6) is -0.410. The van der Waals surface area contributed by atoms with Crippen LogP contribution in [0.5, 0.6) is 0 Å². The molecule has 0 fully saturated rings. The van der Waals surface area contributed by atoms with Gasteiger partial charge in [-0.1, -0.05) is 95.3 Å². The Balaban J connectivity index is 2.10. The molecule has 3 aromatic carbocycles. The molecule has 0 amide bonds. The van der Waals surface area contributed by atoms with Crippen molar-refractivity contribution in [2.24, 2.45) is 0 Å². The van der Waals surface area contributed by atoms with Gasteiger partial charge < -0.3 is 4.74 Å². The molecular formula is C26H21BrO2. The van der Waals surface area contributed by atoms with Crippen molar-refractivity contribution in [2.75, 3.05) is 7.11 Å². The molecule has 0 unspecified atom stereocenters. The number of methoxy groups -OCH3 is 1. The lowest BCUT2D eigenvalue weighted by molar-refractivity contribution is -0.135. The first-order valence-electron chi connectivity index (χ1n) is 9.16. The van der Waals surface area contributed by atoms with E-state index < -0.39 is 5.97 Å². The Morgan fingerprint density at radius 2 is 1.31 bits per heavy atom. The second-order valence-corrected chi connectivity index (χ2v) is 7.33. The van der Waals surface area contributed by atoms with Crippen LogP contribution in [0.4, 0.5) is 0 Å². The van der Waals surface area contributed by atoms with Gasteiger partial charge in [0.2, 0.25) is 0 Å². The number of rotatable bonds is 6. The summed E-state index contributed by atoms with van der Waals surface area (Å²) in [5.41, 5.74) is 5.07. The molecule has 0 aromatic heterocycles. The van der Waals surface area contributed by atoms with Crippen LogP contribution in [-0.4, -0.2) is 13.1 Å². The minimum Gasteiger partial charge on any atom is -0.465 e. The summed E-state index contributed by atoms with van der Waals surface area (Å²) in [6.07, 6.45) is 3.63. The second-order valence-electron chi connectivity index (χ2n) is 6.41. The van der Waals surface area contributed by atoms with E-state index in [2.05, 4.69) is 22.5 Å². The quantitative estimate of drug-likeness (QED) is 0.240. The van der Waals surface area contributed by atoms with Gasteiger partial charge in [0.15, 0.2) is 0 Å². The minimum atomic E-state index is -0.410. The molecule has 0 radical (unpaired) electrons. The van der Waals surface area contributed by atoms with Crippen LogP contribution in [0.2, 0.25) is 0 Å². The highest BCUT2D eigenvalue weighted by Gasteiger charge is 2.12. The van der Waals surface area contributed by atoms with Gasteiger partial charge in [0, 0.05) is 4.47 Å². The van der Waals surface area contributed by atoms with Crippen LogP contribution in [0, 0.1) is 0 Å². The Hall–Kier alpha value is -3.17. The highest BCUT2D eigenvalue weighted by atomic mass is 79.9. The molecule has 3 rings (SSSR count). The molecular weight excluding hydrogens is 424 g/mol. The molecule has 0 saturated carbocycles. The minimum absolute atomic E-state index is 0.410. The van der Waals surface area contributed by atoms with E-state index in [0.29, 0.717) is 5.57 Å². The number of esters is 1. The highest BCUT2D eigenvalue weighted by molar-refractivity contribution is 9.10. The Kier molecular flexibility index (Phi) is 6.99. The fourth-order valence-corrected chi connectivity index (χ4v) is 3.20. The average molecular weight is 445 g/mol. The molecule has 0 aliphatic rings. The van der Waals surface area contributed by atoms with E-state index in [9.17, 15) is 4.79 Å². The summed E-state index contributed by atoms with van der Waals surface area (Å²) in [7, 11) is 1.39. The van der Waals surface area contributed by atoms with Crippen LogP contribution >= 0.6 is 15.9 Å². The first-order valence-corrected chi connectivity index (χ1v) is 9.95. The molecule has 0 atom stereocenters. The molecule has 3 aromatic rings. The summed E-state index contributed by atoms with van der Waals surface area (Å²) in [6, 6.07) is 27.8. The SMILES string of the molecule is C=C(/C=C(/C=C(c1ccccc1)c1ccccc1)C(=O)OC)c1ccc(Br)cc1. The van der Waals surface area contributed by atoms with Crippen LogP contribution < -0.4 is 0 Å². The van der Waals surface area contributed by atoms with Gasteiger partial charge in [-0.05, 0) is 52.1 Å². The zero-order valence-electron chi connectivity index (χ0n) is 16.1. The maximum Gasteiger partial charge on any atom is 0.337 e. The van der Waals surface area contributed by atoms with Crippen molar-refractivity contribution in [3.63, 3.8) is 0 Å². The number of hydrogen-bond donors (Lipinski definition) is 0. The van der Waals surface area contributed by atoms with Gasteiger partial charge in [0.1, 0.15) is 0 Å². The van der Waals surface area contributed by atoms with Crippen molar-refractivity contribution in [3.05, 3.63) is 130 Å². The van der Waals surface area contributed by atoms with E-state index in [1.54, 1.807) is 6.08 Å². The van der Waals surface area contributed by atoms with Crippen LogP contribution in [0.15, 0.2) is 114 Å². The van der Waals surface area contributed by atoms with Gasteiger partial charge in [0.05, 0.1) is 12.7 Å². The van der Waals surface area contributed by atoms with Crippen molar-refractivity contribution >= 4 is 33.0 Å². The number of carbonyl (C=O) groups excluding carboxylic acids is 1. The number of ether oxygens (including phenoxy) is 1. The van der Waals surface area contributed by atoms with Gasteiger partial charge in [-0.3, -0.25) is 0 Å². The van der Waals surface area contributed by atoms with Gasteiger partial charge in [-0.15, -0.1) is 0 Å². The van der Waals surface area contributed by atoms with E-state index in [-0.39, 0.29) is 0 Å². The number of hydrogen-bond acceptors (Lipinski definition) is 2. The molecule has 0 saturated heterocycles. The van der Waals surface area contributed by atoms with Gasteiger partial charge in [0.25, 0.3) is 0 Å². The zero-order chi connectivity index (χ0) is 20.6. The average Bonchev–Trinajstić information content (AvgIpc) is 2.77. The third kappa shape index (κ3) is 5.43. The Labute approximate surface area is 180 Å². The van der Waals surface area contributed by atoms with Gasteiger partial charge in [-0.2, -0.15) is 0 Å². The molecule has 0 N–H and O–H groups in total. The van der Waals surface area contributed by atoms with Crippen molar-refractivity contribution in [3.8, 4) is 0 Å². The zero-order valence-corrected chi connectivity index (χ0v) is 17.7. The van der Waals surface area contributed by atoms with Crippen LogP contribution in [0.3, 0.4) is 0 Å². The highest BCUT2D eigenvalue weighted by Crippen LogP contribution is 2.27. The third-order valence-corrected chi connectivity index (χ3v) is 4.96. The summed E-state index contributed by atoms with van der Waals surface area (Å²) < 4.78 is 6.03. The molecule has 0 heterocycles. The van der Waals surface area contributed by atoms with Crippen molar-refractivity contribution in [1.82, 2.24) is 0 Å². The molecule has 0 bridgehead atoms. The first-order chi connectivity index (χ1) is 14.1. The molecule has 144 valence electrons. The molecule has 3 heteroatoms. The lowest BCUT2D eigenvalue weighted by Crippen LogP contribution is -2.04. The van der Waals surface area contributed by atoms with Gasteiger partial charge >= 0.3 is 5.97 Å². The monoisotopic (exact) mass is 444 g/mol. The number of halogens is 1. The maximum atomic E-state index is 12.5. The van der Waals surface area contributed by atoms with Crippen molar-refractivity contribution in [2.45, 2.75) is 0 Å². The van der Waals surface area contributed by atoms with Crippen LogP contribution in [-0.2, 0) is 9.53 Å². The largest absolute Gasteiger partial charge is 0.465 e. The van der Waals surface area contributed by atoms with Gasteiger partial charge in [-0.25, -0.2) is 4.79 Å². The summed E-state index contributed by atoms with van der Waals surface area (Å²) in [6.45, 7) is 4.14. The Morgan fingerprint density at radius 3 is 1.79 bits per heavy atom. The molecule has 0 aliphatic heterocycles. The maximum absolute atomic E-state index is 12.5. The van der Waals surface area contributed by atoms with E-state index in [1.165, 1.54) is 7.11 Å². The number of benzene rings is 3. The normalized spacial score (nSPS) is 10.9. The van der Waals surface area contributed by atoms with Crippen LogP contribution in [0.25, 0.3) is 11.1 Å². The first kappa shape index (κ1) is 20.6. The topological polar surface area (TPSA) is 26.3 Å². The second kappa shape index (κ2) is 9.85. The van der Waals surface area contributed by atoms with E-state index >= 15 is 0 Å². The van der Waals surface area contributed by atoms with E-state index in [1.807, 2.05) is 91.0 Å². The fraction of sp³-hybridized carbons (Fsp3) is 0.0385. The number of carbonyl (C=O) groups is 1. The molecule has 0 spiro atoms. The van der Waals surface area contributed by atoms with Crippen LogP contribution in [0.1, 0.15) is 16.7 Å². The predicted molar refractivity (Wildman–Crippen MR) is 123 cm³/mol. The van der Waals surface area contributed by atoms with E-state index in [0.717, 1.165) is 32.3 Å². The smallest absolute Gasteiger partial charge is 0.337 e. The Morgan fingerprint density at radius 1 is 0.793 bits per heavy atom. The molecule has 0 aliphatic carbocycles. The number of allylic oxidation sites excluding steroid dienone is 2. The fourth-order valence-electron chi connectivity index (χ4n) is 2.94. The summed E-state index contributed by atoms with van der Waals surface area (Å²) in [5, 5.41) is 0. The van der Waals surface area contributed by atoms with E-state index in [4.69, 9.17) is 4.74 Å². The standard InChI is InChI=1S/C26H21BrO2/c1-19(20-13-15-24(27)16-14-20)17-23(26(28)29-2)18-25(21-9-5-3-6-10-21)22-11-7-4-8-12-22/h3-18H,1H2,2H3/b23-17-. The van der Waals surface area contributed by atoms with Crippen molar-refractivity contribution < 1.29 is 9.53 Å². The lowest BCUT2D eigenvalue weighted by Gasteiger charge is -2.11.